The van der Waals surface area contributed by atoms with Gasteiger partial charge in [0.2, 0.25) is 5.91 Å². The van der Waals surface area contributed by atoms with Crippen molar-refractivity contribution in [2.24, 2.45) is 0 Å². The van der Waals surface area contributed by atoms with E-state index in [0.29, 0.717) is 17.7 Å². The summed E-state index contributed by atoms with van der Waals surface area (Å²) in [6, 6.07) is 3.52. The molecule has 0 spiro atoms. The normalized spacial score (nSPS) is 16.8. The van der Waals surface area contributed by atoms with Gasteiger partial charge in [-0.2, -0.15) is 0 Å². The first-order chi connectivity index (χ1) is 8.98. The maximum absolute atomic E-state index is 12.9. The number of nitrogens with one attached hydrogen (secondary N) is 1. The molecule has 2 N–H and O–H groups in total. The van der Waals surface area contributed by atoms with Gasteiger partial charge in [-0.3, -0.25) is 4.79 Å². The molecule has 0 atom stereocenters. The molecule has 0 radical (unpaired) electrons. The lowest BCUT2D eigenvalue weighted by atomic mass is 9.80. The Morgan fingerprint density at radius 3 is 2.68 bits per heavy atom. The van der Waals surface area contributed by atoms with Crippen LogP contribution in [0.4, 0.5) is 8.78 Å². The first-order valence-electron chi connectivity index (χ1n) is 6.05. The van der Waals surface area contributed by atoms with Crippen molar-refractivity contribution in [3.05, 3.63) is 29.8 Å². The SMILES string of the molecule is O=C(CSc1ccc(F)c(F)c1)NCC1(O)CCC1. The molecular formula is C13H15F2NO2S. The Kier molecular flexibility index (Phi) is 4.42. The molecule has 1 fully saturated rings. The summed E-state index contributed by atoms with van der Waals surface area (Å²) in [6.45, 7) is 0.254. The third kappa shape index (κ3) is 3.91. The number of carbonyl (C=O) groups excluding carboxylic acids is 1. The third-order valence-electron chi connectivity index (χ3n) is 3.16. The molecule has 2 rings (SSSR count). The van der Waals surface area contributed by atoms with Crippen LogP contribution in [0.2, 0.25) is 0 Å². The van der Waals surface area contributed by atoms with Crippen molar-refractivity contribution >= 4 is 17.7 Å². The molecule has 1 aromatic rings. The van der Waals surface area contributed by atoms with Crippen LogP contribution >= 0.6 is 11.8 Å². The lowest BCUT2D eigenvalue weighted by molar-refractivity contribution is -0.121. The minimum Gasteiger partial charge on any atom is -0.388 e. The highest BCUT2D eigenvalue weighted by molar-refractivity contribution is 8.00. The number of hydrogen-bond donors (Lipinski definition) is 2. The minimum atomic E-state index is -0.922. The van der Waals surface area contributed by atoms with E-state index in [1.807, 2.05) is 0 Å². The van der Waals surface area contributed by atoms with Gasteiger partial charge in [-0.25, -0.2) is 8.78 Å². The number of halogens is 2. The Morgan fingerprint density at radius 2 is 2.11 bits per heavy atom. The van der Waals surface area contributed by atoms with Gasteiger partial charge in [-0.15, -0.1) is 11.8 Å². The Labute approximate surface area is 114 Å². The van der Waals surface area contributed by atoms with E-state index in [1.54, 1.807) is 0 Å². The van der Waals surface area contributed by atoms with Crippen molar-refractivity contribution in [1.82, 2.24) is 5.32 Å². The number of amides is 1. The van der Waals surface area contributed by atoms with E-state index < -0.39 is 17.2 Å². The van der Waals surface area contributed by atoms with Crippen LogP contribution in [0.25, 0.3) is 0 Å². The van der Waals surface area contributed by atoms with Crippen molar-refractivity contribution < 1.29 is 18.7 Å². The van der Waals surface area contributed by atoms with E-state index in [1.165, 1.54) is 6.07 Å². The number of rotatable bonds is 5. The molecule has 1 aliphatic carbocycles. The molecule has 0 aliphatic heterocycles. The van der Waals surface area contributed by atoms with E-state index in [-0.39, 0.29) is 18.2 Å². The average molecular weight is 287 g/mol. The van der Waals surface area contributed by atoms with Gasteiger partial charge in [0.1, 0.15) is 0 Å². The predicted octanol–water partition coefficient (Wildman–Crippen LogP) is 2.09. The summed E-state index contributed by atoms with van der Waals surface area (Å²) in [5.41, 5.74) is -0.748. The standard InChI is InChI=1S/C13H15F2NO2S/c14-10-3-2-9(6-11(10)15)19-7-12(17)16-8-13(18)4-1-5-13/h2-3,6,18H,1,4-5,7-8H2,(H,16,17). The monoisotopic (exact) mass is 287 g/mol. The minimum absolute atomic E-state index is 0.112. The van der Waals surface area contributed by atoms with Crippen LogP contribution in [0.3, 0.4) is 0 Å². The van der Waals surface area contributed by atoms with Crippen molar-refractivity contribution in [2.75, 3.05) is 12.3 Å². The molecule has 0 unspecified atom stereocenters. The molecule has 1 amide bonds. The molecular weight excluding hydrogens is 272 g/mol. The first-order valence-corrected chi connectivity index (χ1v) is 7.04. The quantitative estimate of drug-likeness (QED) is 0.815. The van der Waals surface area contributed by atoms with Crippen LogP contribution in [0.1, 0.15) is 19.3 Å². The number of thioether (sulfide) groups is 1. The van der Waals surface area contributed by atoms with Gasteiger partial charge in [-0.05, 0) is 37.5 Å². The fraction of sp³-hybridized carbons (Fsp3) is 0.462. The fourth-order valence-electron chi connectivity index (χ4n) is 1.79. The zero-order valence-electron chi connectivity index (χ0n) is 10.3. The van der Waals surface area contributed by atoms with Gasteiger partial charge in [0, 0.05) is 11.4 Å². The molecule has 0 heterocycles. The lowest BCUT2D eigenvalue weighted by Gasteiger charge is -2.36. The topological polar surface area (TPSA) is 49.3 Å². The van der Waals surface area contributed by atoms with Crippen LogP contribution < -0.4 is 5.32 Å². The van der Waals surface area contributed by atoms with Crippen LogP contribution in [-0.2, 0) is 4.79 Å². The Balaban J connectivity index is 1.75. The number of benzene rings is 1. The molecule has 0 saturated heterocycles. The van der Waals surface area contributed by atoms with Gasteiger partial charge in [-0.1, -0.05) is 0 Å². The van der Waals surface area contributed by atoms with Gasteiger partial charge < -0.3 is 10.4 Å². The lowest BCUT2D eigenvalue weighted by Crippen LogP contribution is -2.48. The summed E-state index contributed by atoms with van der Waals surface area (Å²) in [4.78, 5) is 12.0. The summed E-state index contributed by atoms with van der Waals surface area (Å²) in [5, 5.41) is 12.4. The van der Waals surface area contributed by atoms with Crippen molar-refractivity contribution in [1.29, 1.82) is 0 Å². The second-order valence-electron chi connectivity index (χ2n) is 4.72. The van der Waals surface area contributed by atoms with Gasteiger partial charge >= 0.3 is 0 Å². The zero-order valence-corrected chi connectivity index (χ0v) is 11.1. The maximum atomic E-state index is 12.9. The van der Waals surface area contributed by atoms with E-state index in [0.717, 1.165) is 30.3 Å². The molecule has 6 heteroatoms. The van der Waals surface area contributed by atoms with E-state index in [4.69, 9.17) is 0 Å². The van der Waals surface area contributed by atoms with Gasteiger partial charge in [0.05, 0.1) is 11.4 Å². The summed E-state index contributed by atoms with van der Waals surface area (Å²) in [7, 11) is 0. The second kappa shape index (κ2) is 5.88. The summed E-state index contributed by atoms with van der Waals surface area (Å²) in [6.07, 6.45) is 2.41. The van der Waals surface area contributed by atoms with Gasteiger partial charge in [0.25, 0.3) is 0 Å². The first kappa shape index (κ1) is 14.3. The Morgan fingerprint density at radius 1 is 1.37 bits per heavy atom. The largest absolute Gasteiger partial charge is 0.388 e. The fourth-order valence-corrected chi connectivity index (χ4v) is 2.54. The summed E-state index contributed by atoms with van der Waals surface area (Å²) < 4.78 is 25.6. The molecule has 19 heavy (non-hydrogen) atoms. The zero-order chi connectivity index (χ0) is 13.9. The van der Waals surface area contributed by atoms with Gasteiger partial charge in [0.15, 0.2) is 11.6 Å². The molecule has 1 aliphatic rings. The van der Waals surface area contributed by atoms with Crippen LogP contribution in [0.5, 0.6) is 0 Å². The van der Waals surface area contributed by atoms with Crippen LogP contribution in [0.15, 0.2) is 23.1 Å². The summed E-state index contributed by atoms with van der Waals surface area (Å²) >= 11 is 1.13. The summed E-state index contributed by atoms with van der Waals surface area (Å²) in [5.74, 6) is -1.94. The van der Waals surface area contributed by atoms with Crippen LogP contribution in [-0.4, -0.2) is 28.9 Å². The smallest absolute Gasteiger partial charge is 0.230 e. The van der Waals surface area contributed by atoms with E-state index in [2.05, 4.69) is 5.32 Å². The molecule has 1 saturated carbocycles. The van der Waals surface area contributed by atoms with Crippen molar-refractivity contribution in [2.45, 2.75) is 29.8 Å². The number of aliphatic hydroxyl groups is 1. The maximum Gasteiger partial charge on any atom is 0.230 e. The number of hydrogen-bond acceptors (Lipinski definition) is 3. The highest BCUT2D eigenvalue weighted by Crippen LogP contribution is 2.30. The predicted molar refractivity (Wildman–Crippen MR) is 68.9 cm³/mol. The van der Waals surface area contributed by atoms with E-state index >= 15 is 0 Å². The highest BCUT2D eigenvalue weighted by Gasteiger charge is 2.34. The Hall–Kier alpha value is -1.14. The molecule has 3 nitrogen and oxygen atoms in total. The average Bonchev–Trinajstić information content (AvgIpc) is 2.35. The molecule has 0 bridgehead atoms. The highest BCUT2D eigenvalue weighted by atomic mass is 32.2. The van der Waals surface area contributed by atoms with Crippen molar-refractivity contribution in [3.63, 3.8) is 0 Å². The third-order valence-corrected chi connectivity index (χ3v) is 4.15. The Bertz CT molecular complexity index is 478. The second-order valence-corrected chi connectivity index (χ2v) is 5.77. The van der Waals surface area contributed by atoms with Crippen molar-refractivity contribution in [3.8, 4) is 0 Å². The van der Waals surface area contributed by atoms with E-state index in [9.17, 15) is 18.7 Å². The molecule has 1 aromatic carbocycles. The number of carbonyl (C=O) groups is 1. The molecule has 104 valence electrons. The van der Waals surface area contributed by atoms with Crippen LogP contribution in [0, 0.1) is 11.6 Å². The molecule has 0 aromatic heterocycles.